The van der Waals surface area contributed by atoms with E-state index in [2.05, 4.69) is 17.3 Å². The summed E-state index contributed by atoms with van der Waals surface area (Å²) in [6, 6.07) is 11.5. The molecule has 0 radical (unpaired) electrons. The Labute approximate surface area is 174 Å². The van der Waals surface area contributed by atoms with Crippen LogP contribution in [0.2, 0.25) is 5.02 Å². The third-order valence-corrected chi connectivity index (χ3v) is 4.82. The van der Waals surface area contributed by atoms with Gasteiger partial charge in [-0.2, -0.15) is 5.10 Å². The molecule has 0 saturated carbocycles. The van der Waals surface area contributed by atoms with Crippen molar-refractivity contribution in [2.75, 3.05) is 5.32 Å². The highest BCUT2D eigenvalue weighted by Gasteiger charge is 2.16. The lowest BCUT2D eigenvalue weighted by molar-refractivity contribution is 0.557. The van der Waals surface area contributed by atoms with Crippen molar-refractivity contribution in [3.05, 3.63) is 70.5 Å². The summed E-state index contributed by atoms with van der Waals surface area (Å²) in [5.41, 5.74) is 3.87. The molecule has 0 fully saturated rings. The summed E-state index contributed by atoms with van der Waals surface area (Å²) in [6.07, 6.45) is 7.23. The van der Waals surface area contributed by atoms with Gasteiger partial charge in [0.15, 0.2) is 11.6 Å². The first-order valence-electron chi connectivity index (χ1n) is 9.57. The molecule has 0 aliphatic heterocycles. The van der Waals surface area contributed by atoms with E-state index in [1.165, 1.54) is 0 Å². The molecule has 0 saturated heterocycles. The van der Waals surface area contributed by atoms with Gasteiger partial charge in [0.2, 0.25) is 0 Å². The fraction of sp³-hybridized carbons (Fsp3) is 0.227. The molecule has 148 valence electrons. The first-order valence-corrected chi connectivity index (χ1v) is 9.95. The van der Waals surface area contributed by atoms with E-state index in [0.29, 0.717) is 12.4 Å². The van der Waals surface area contributed by atoms with Crippen LogP contribution in [0.3, 0.4) is 0 Å². The lowest BCUT2D eigenvalue weighted by atomic mass is 10.2. The largest absolute Gasteiger partial charge is 0.465 e. The number of benzene rings is 1. The highest BCUT2D eigenvalue weighted by Crippen LogP contribution is 2.25. The summed E-state index contributed by atoms with van der Waals surface area (Å²) in [4.78, 5) is 9.49. The third kappa shape index (κ3) is 4.32. The van der Waals surface area contributed by atoms with E-state index in [1.54, 1.807) is 6.26 Å². The molecule has 3 heterocycles. The van der Waals surface area contributed by atoms with Gasteiger partial charge >= 0.3 is 0 Å². The second-order valence-corrected chi connectivity index (χ2v) is 7.21. The molecule has 3 aromatic heterocycles. The highest BCUT2D eigenvalue weighted by molar-refractivity contribution is 6.30. The first-order chi connectivity index (χ1) is 14.1. The lowest BCUT2D eigenvalue weighted by Crippen LogP contribution is -2.06. The minimum atomic E-state index is 0.609. The second-order valence-electron chi connectivity index (χ2n) is 6.78. The zero-order valence-electron chi connectivity index (χ0n) is 16.4. The number of nitrogens with one attached hydrogen (secondary N) is 1. The predicted molar refractivity (Wildman–Crippen MR) is 117 cm³/mol. The number of furan rings is 1. The Bertz CT molecular complexity index is 1130. The van der Waals surface area contributed by atoms with Gasteiger partial charge < -0.3 is 9.73 Å². The van der Waals surface area contributed by atoms with E-state index in [4.69, 9.17) is 26.0 Å². The molecule has 1 N–H and O–H groups in total. The molecule has 0 bridgehead atoms. The molecule has 1 aromatic carbocycles. The van der Waals surface area contributed by atoms with E-state index < -0.39 is 0 Å². The fourth-order valence-corrected chi connectivity index (χ4v) is 3.32. The van der Waals surface area contributed by atoms with Crippen LogP contribution in [-0.2, 0) is 20.0 Å². The Kier molecular flexibility index (Phi) is 5.62. The molecule has 29 heavy (non-hydrogen) atoms. The molecule has 0 unspecified atom stereocenters. The summed E-state index contributed by atoms with van der Waals surface area (Å²) in [5, 5.41) is 8.83. The summed E-state index contributed by atoms with van der Waals surface area (Å²) < 4.78 is 7.22. The minimum Gasteiger partial charge on any atom is -0.465 e. The van der Waals surface area contributed by atoms with Crippen LogP contribution in [0.5, 0.6) is 0 Å². The molecule has 0 amide bonds. The highest BCUT2D eigenvalue weighted by atomic mass is 35.5. The van der Waals surface area contributed by atoms with Gasteiger partial charge in [0.25, 0.3) is 0 Å². The molecule has 0 spiro atoms. The zero-order chi connectivity index (χ0) is 20.2. The summed E-state index contributed by atoms with van der Waals surface area (Å²) in [6.45, 7) is 2.76. The molecular formula is C22H22ClN5O. The summed E-state index contributed by atoms with van der Waals surface area (Å²) in [7, 11) is 1.93. The fourth-order valence-electron chi connectivity index (χ4n) is 3.19. The maximum atomic E-state index is 5.99. The van der Waals surface area contributed by atoms with Gasteiger partial charge in [-0.15, -0.1) is 0 Å². The number of rotatable bonds is 7. The Hall–Kier alpha value is -3.12. The Morgan fingerprint density at radius 1 is 1.14 bits per heavy atom. The van der Waals surface area contributed by atoms with Crippen LogP contribution >= 0.6 is 11.6 Å². The van der Waals surface area contributed by atoms with Crippen molar-refractivity contribution in [1.29, 1.82) is 0 Å². The molecule has 4 rings (SSSR count). The molecular weight excluding hydrogens is 386 g/mol. The number of halogens is 1. The molecule has 0 atom stereocenters. The van der Waals surface area contributed by atoms with Crippen LogP contribution in [-0.4, -0.2) is 19.7 Å². The number of fused-ring (bicyclic) bond motifs is 1. The summed E-state index contributed by atoms with van der Waals surface area (Å²) >= 11 is 5.99. The van der Waals surface area contributed by atoms with Crippen LogP contribution in [0.25, 0.3) is 23.2 Å². The number of anilines is 1. The van der Waals surface area contributed by atoms with E-state index in [0.717, 1.165) is 51.7 Å². The van der Waals surface area contributed by atoms with Crippen molar-refractivity contribution in [2.24, 2.45) is 7.05 Å². The summed E-state index contributed by atoms with van der Waals surface area (Å²) in [5.74, 6) is 2.11. The normalized spacial score (nSPS) is 11.6. The van der Waals surface area contributed by atoms with Crippen LogP contribution in [0.15, 0.2) is 47.1 Å². The lowest BCUT2D eigenvalue weighted by Gasteiger charge is -2.09. The topological polar surface area (TPSA) is 68.8 Å². The number of hydrogen-bond donors (Lipinski definition) is 1. The zero-order valence-corrected chi connectivity index (χ0v) is 17.1. The number of hydrogen-bond acceptors (Lipinski definition) is 5. The van der Waals surface area contributed by atoms with Crippen molar-refractivity contribution in [2.45, 2.75) is 26.3 Å². The van der Waals surface area contributed by atoms with Crippen molar-refractivity contribution >= 4 is 40.6 Å². The SMILES string of the molecule is CCCc1nn(C)c2c(NCc3ccc(Cl)cc3)nc(/C=C/c3ccco3)nc12. The maximum absolute atomic E-state index is 5.99. The van der Waals surface area contributed by atoms with E-state index >= 15 is 0 Å². The molecule has 0 aliphatic rings. The molecule has 7 heteroatoms. The average Bonchev–Trinajstić information content (AvgIpc) is 3.34. The number of nitrogens with zero attached hydrogens (tertiary/aromatic N) is 4. The Morgan fingerprint density at radius 3 is 2.69 bits per heavy atom. The predicted octanol–water partition coefficient (Wildman–Crippen LogP) is 5.34. The van der Waals surface area contributed by atoms with Gasteiger partial charge in [-0.05, 0) is 48.4 Å². The number of aromatic nitrogens is 4. The standard InChI is InChI=1S/C22H22ClN5O/c1-3-5-18-20-21(28(2)27-18)22(24-14-15-7-9-16(23)10-8-15)26-19(25-20)12-11-17-6-4-13-29-17/h4,6-13H,3,5,14H2,1-2H3,(H,24,25,26)/b12-11+. The van der Waals surface area contributed by atoms with Gasteiger partial charge in [-0.25, -0.2) is 9.97 Å². The van der Waals surface area contributed by atoms with E-state index in [9.17, 15) is 0 Å². The van der Waals surface area contributed by atoms with Gasteiger partial charge in [-0.3, -0.25) is 4.68 Å². The molecule has 4 aromatic rings. The Balaban J connectivity index is 1.72. The van der Waals surface area contributed by atoms with Gasteiger partial charge in [0, 0.05) is 18.6 Å². The van der Waals surface area contributed by atoms with Gasteiger partial charge in [0.1, 0.15) is 16.8 Å². The van der Waals surface area contributed by atoms with Crippen molar-refractivity contribution in [3.8, 4) is 0 Å². The first kappa shape index (κ1) is 19.2. The monoisotopic (exact) mass is 407 g/mol. The molecule has 6 nitrogen and oxygen atoms in total. The van der Waals surface area contributed by atoms with Gasteiger partial charge in [0.05, 0.1) is 12.0 Å². The quantitative estimate of drug-likeness (QED) is 0.447. The second kappa shape index (κ2) is 8.49. The van der Waals surface area contributed by atoms with E-state index in [-0.39, 0.29) is 0 Å². The smallest absolute Gasteiger partial charge is 0.156 e. The number of aryl methyl sites for hydroxylation is 2. The molecule has 0 aliphatic carbocycles. The van der Waals surface area contributed by atoms with Crippen LogP contribution in [0, 0.1) is 0 Å². The maximum Gasteiger partial charge on any atom is 0.156 e. The minimum absolute atomic E-state index is 0.609. The van der Waals surface area contributed by atoms with Gasteiger partial charge in [-0.1, -0.05) is 37.1 Å². The Morgan fingerprint density at radius 2 is 1.97 bits per heavy atom. The third-order valence-electron chi connectivity index (χ3n) is 4.57. The van der Waals surface area contributed by atoms with Crippen LogP contribution < -0.4 is 5.32 Å². The van der Waals surface area contributed by atoms with Crippen molar-refractivity contribution in [3.63, 3.8) is 0 Å². The van der Waals surface area contributed by atoms with Crippen LogP contribution in [0.1, 0.15) is 36.2 Å². The van der Waals surface area contributed by atoms with Crippen molar-refractivity contribution < 1.29 is 4.42 Å². The van der Waals surface area contributed by atoms with Crippen LogP contribution in [0.4, 0.5) is 5.82 Å². The van der Waals surface area contributed by atoms with Crippen molar-refractivity contribution in [1.82, 2.24) is 19.7 Å². The van der Waals surface area contributed by atoms with E-state index in [1.807, 2.05) is 60.3 Å². The average molecular weight is 408 g/mol.